The molecule has 0 fully saturated rings. The SMILES string of the molecule is Cc1cc(C(C)C)c(S(=O)(=O)Cl)cc1C(=O)O. The minimum atomic E-state index is -3.94. The minimum absolute atomic E-state index is 0.0476. The van der Waals surface area contributed by atoms with E-state index in [0.717, 1.165) is 6.07 Å². The first-order chi connectivity index (χ1) is 7.64. The fourth-order valence-corrected chi connectivity index (χ4v) is 2.84. The smallest absolute Gasteiger partial charge is 0.335 e. The molecule has 17 heavy (non-hydrogen) atoms. The van der Waals surface area contributed by atoms with Crippen LogP contribution in [-0.4, -0.2) is 19.5 Å². The molecule has 0 unspecified atom stereocenters. The van der Waals surface area contributed by atoms with Crippen molar-refractivity contribution in [2.45, 2.75) is 31.6 Å². The van der Waals surface area contributed by atoms with Crippen LogP contribution in [0.25, 0.3) is 0 Å². The quantitative estimate of drug-likeness (QED) is 0.862. The van der Waals surface area contributed by atoms with E-state index in [4.69, 9.17) is 15.8 Å². The molecule has 0 saturated carbocycles. The normalized spacial score (nSPS) is 11.8. The van der Waals surface area contributed by atoms with Gasteiger partial charge < -0.3 is 5.11 Å². The van der Waals surface area contributed by atoms with Gasteiger partial charge in [-0.25, -0.2) is 13.2 Å². The fourth-order valence-electron chi connectivity index (χ4n) is 1.60. The van der Waals surface area contributed by atoms with Gasteiger partial charge in [0.05, 0.1) is 10.5 Å². The minimum Gasteiger partial charge on any atom is -0.478 e. The summed E-state index contributed by atoms with van der Waals surface area (Å²) in [5.41, 5.74) is 1.00. The van der Waals surface area contributed by atoms with E-state index >= 15 is 0 Å². The van der Waals surface area contributed by atoms with Crippen LogP contribution < -0.4 is 0 Å². The van der Waals surface area contributed by atoms with Gasteiger partial charge in [0.2, 0.25) is 0 Å². The molecule has 0 amide bonds. The molecule has 6 heteroatoms. The number of benzene rings is 1. The van der Waals surface area contributed by atoms with E-state index in [1.807, 2.05) is 13.8 Å². The number of carboxylic acids is 1. The van der Waals surface area contributed by atoms with Crippen LogP contribution in [0.15, 0.2) is 17.0 Å². The van der Waals surface area contributed by atoms with E-state index < -0.39 is 15.0 Å². The predicted molar refractivity (Wildman–Crippen MR) is 65.3 cm³/mol. The lowest BCUT2D eigenvalue weighted by atomic mass is 9.98. The Morgan fingerprint density at radius 2 is 1.88 bits per heavy atom. The Hall–Kier alpha value is -1.07. The number of hydrogen-bond acceptors (Lipinski definition) is 3. The van der Waals surface area contributed by atoms with Crippen LogP contribution >= 0.6 is 10.7 Å². The Labute approximate surface area is 105 Å². The molecule has 0 bridgehead atoms. The van der Waals surface area contributed by atoms with Crippen molar-refractivity contribution in [2.24, 2.45) is 0 Å². The van der Waals surface area contributed by atoms with Crippen molar-refractivity contribution >= 4 is 25.7 Å². The molecule has 0 saturated heterocycles. The van der Waals surface area contributed by atoms with Gasteiger partial charge in [-0.05, 0) is 30.0 Å². The summed E-state index contributed by atoms with van der Waals surface area (Å²) in [5, 5.41) is 8.95. The van der Waals surface area contributed by atoms with Crippen molar-refractivity contribution < 1.29 is 18.3 Å². The average molecular weight is 277 g/mol. The molecular formula is C11H13ClO4S. The highest BCUT2D eigenvalue weighted by molar-refractivity contribution is 8.13. The number of halogens is 1. The maximum absolute atomic E-state index is 11.4. The van der Waals surface area contributed by atoms with Crippen molar-refractivity contribution in [3.8, 4) is 0 Å². The van der Waals surface area contributed by atoms with Gasteiger partial charge in [-0.15, -0.1) is 0 Å². The van der Waals surface area contributed by atoms with E-state index in [1.54, 1.807) is 13.0 Å². The third-order valence-corrected chi connectivity index (χ3v) is 3.85. The molecule has 1 aromatic rings. The summed E-state index contributed by atoms with van der Waals surface area (Å²) in [5.74, 6) is -1.22. The van der Waals surface area contributed by atoms with Crippen LogP contribution in [0.1, 0.15) is 41.3 Å². The largest absolute Gasteiger partial charge is 0.478 e. The predicted octanol–water partition coefficient (Wildman–Crippen LogP) is 2.74. The summed E-state index contributed by atoms with van der Waals surface area (Å²) in [4.78, 5) is 10.8. The zero-order valence-electron chi connectivity index (χ0n) is 9.69. The van der Waals surface area contributed by atoms with Gasteiger partial charge in [-0.2, -0.15) is 0 Å². The van der Waals surface area contributed by atoms with Crippen molar-refractivity contribution in [3.05, 3.63) is 28.8 Å². The summed E-state index contributed by atoms with van der Waals surface area (Å²) in [7, 11) is 1.37. The number of aromatic carboxylic acids is 1. The van der Waals surface area contributed by atoms with Gasteiger partial charge in [0.25, 0.3) is 9.05 Å². The average Bonchev–Trinajstić information content (AvgIpc) is 2.14. The highest BCUT2D eigenvalue weighted by Crippen LogP contribution is 2.29. The van der Waals surface area contributed by atoms with Gasteiger partial charge >= 0.3 is 5.97 Å². The second-order valence-corrected chi connectivity index (χ2v) is 6.64. The maximum atomic E-state index is 11.4. The highest BCUT2D eigenvalue weighted by atomic mass is 35.7. The van der Waals surface area contributed by atoms with E-state index in [-0.39, 0.29) is 16.4 Å². The van der Waals surface area contributed by atoms with Gasteiger partial charge in [0.1, 0.15) is 0 Å². The van der Waals surface area contributed by atoms with Gasteiger partial charge in [0.15, 0.2) is 0 Å². The third-order valence-electron chi connectivity index (χ3n) is 2.47. The summed E-state index contributed by atoms with van der Waals surface area (Å²) in [6.07, 6.45) is 0. The number of carboxylic acid groups (broad SMARTS) is 1. The molecule has 94 valence electrons. The molecule has 1 rings (SSSR count). The zero-order chi connectivity index (χ0) is 13.4. The second kappa shape index (κ2) is 4.66. The Morgan fingerprint density at radius 3 is 2.24 bits per heavy atom. The van der Waals surface area contributed by atoms with E-state index in [0.29, 0.717) is 11.1 Å². The molecule has 0 atom stereocenters. The van der Waals surface area contributed by atoms with Crippen molar-refractivity contribution in [2.75, 3.05) is 0 Å². The Morgan fingerprint density at radius 1 is 1.35 bits per heavy atom. The van der Waals surface area contributed by atoms with Gasteiger partial charge in [0, 0.05) is 10.7 Å². The van der Waals surface area contributed by atoms with Crippen molar-refractivity contribution in [1.82, 2.24) is 0 Å². The number of hydrogen-bond donors (Lipinski definition) is 1. The maximum Gasteiger partial charge on any atom is 0.335 e. The lowest BCUT2D eigenvalue weighted by molar-refractivity contribution is 0.0696. The van der Waals surface area contributed by atoms with E-state index in [2.05, 4.69) is 0 Å². The van der Waals surface area contributed by atoms with Gasteiger partial charge in [-0.1, -0.05) is 19.9 Å². The number of aryl methyl sites for hydroxylation is 1. The monoisotopic (exact) mass is 276 g/mol. The first kappa shape index (κ1) is 14.0. The number of carbonyl (C=O) groups is 1. The molecule has 0 radical (unpaired) electrons. The topological polar surface area (TPSA) is 71.4 Å². The molecule has 0 heterocycles. The van der Waals surface area contributed by atoms with Crippen molar-refractivity contribution in [3.63, 3.8) is 0 Å². The summed E-state index contributed by atoms with van der Waals surface area (Å²) in [6.45, 7) is 5.27. The van der Waals surface area contributed by atoms with E-state index in [1.165, 1.54) is 0 Å². The lowest BCUT2D eigenvalue weighted by Gasteiger charge is -2.13. The van der Waals surface area contributed by atoms with E-state index in [9.17, 15) is 13.2 Å². The summed E-state index contributed by atoms with van der Waals surface area (Å²) in [6, 6.07) is 2.68. The van der Waals surface area contributed by atoms with Crippen LogP contribution in [0.4, 0.5) is 0 Å². The van der Waals surface area contributed by atoms with Crippen molar-refractivity contribution in [1.29, 1.82) is 0 Å². The Balaban J connectivity index is 3.66. The molecule has 0 aliphatic rings. The summed E-state index contributed by atoms with van der Waals surface area (Å²) >= 11 is 0. The first-order valence-corrected chi connectivity index (χ1v) is 7.28. The molecule has 1 N–H and O–H groups in total. The summed E-state index contributed by atoms with van der Waals surface area (Å²) < 4.78 is 22.8. The van der Waals surface area contributed by atoms with Crippen LogP contribution in [0.3, 0.4) is 0 Å². The van der Waals surface area contributed by atoms with Crippen LogP contribution in [0.2, 0.25) is 0 Å². The number of rotatable bonds is 3. The standard InChI is InChI=1S/C11H13ClO4S/c1-6(2)8-4-7(3)9(11(13)14)5-10(8)17(12,15)16/h4-6H,1-3H3,(H,13,14). The Bertz CT molecular complexity index is 561. The molecule has 0 aliphatic heterocycles. The Kier molecular flexibility index (Phi) is 3.84. The van der Waals surface area contributed by atoms with Crippen LogP contribution in [-0.2, 0) is 9.05 Å². The molecule has 0 aromatic heterocycles. The van der Waals surface area contributed by atoms with Crippen LogP contribution in [0.5, 0.6) is 0 Å². The van der Waals surface area contributed by atoms with Gasteiger partial charge in [-0.3, -0.25) is 0 Å². The second-order valence-electron chi connectivity index (χ2n) is 4.10. The molecule has 0 aliphatic carbocycles. The molecular weight excluding hydrogens is 264 g/mol. The highest BCUT2D eigenvalue weighted by Gasteiger charge is 2.21. The molecule has 4 nitrogen and oxygen atoms in total. The zero-order valence-corrected chi connectivity index (χ0v) is 11.3. The van der Waals surface area contributed by atoms with Crippen LogP contribution in [0, 0.1) is 6.92 Å². The molecule has 1 aromatic carbocycles. The first-order valence-electron chi connectivity index (χ1n) is 4.97. The third kappa shape index (κ3) is 2.98. The lowest BCUT2D eigenvalue weighted by Crippen LogP contribution is -2.07. The fraction of sp³-hybridized carbons (Fsp3) is 0.364. The molecule has 0 spiro atoms.